The first-order valence-corrected chi connectivity index (χ1v) is 7.08. The van der Waals surface area contributed by atoms with E-state index in [1.807, 2.05) is 0 Å². The molecular weight excluding hydrogens is 310 g/mol. The van der Waals surface area contributed by atoms with Gasteiger partial charge < -0.3 is 19.3 Å². The number of nitrogens with zero attached hydrogens (tertiary/aromatic N) is 1. The number of nitriles is 1. The first-order valence-electron chi connectivity index (χ1n) is 7.08. The average Bonchev–Trinajstić information content (AvgIpc) is 2.62. The van der Waals surface area contributed by atoms with E-state index in [-0.39, 0.29) is 11.3 Å². The monoisotopic (exact) mass is 327 g/mol. The van der Waals surface area contributed by atoms with Crippen LogP contribution in [0.4, 0.5) is 0 Å². The van der Waals surface area contributed by atoms with Gasteiger partial charge in [-0.15, -0.1) is 0 Å². The van der Waals surface area contributed by atoms with E-state index in [1.165, 1.54) is 26.4 Å². The van der Waals surface area contributed by atoms with Gasteiger partial charge in [0.2, 0.25) is 0 Å². The zero-order valence-corrected chi connectivity index (χ0v) is 13.6. The second kappa shape index (κ2) is 7.38. The van der Waals surface area contributed by atoms with Crippen molar-refractivity contribution in [3.05, 3.63) is 53.1 Å². The Morgan fingerprint density at radius 3 is 2.21 bits per heavy atom. The van der Waals surface area contributed by atoms with E-state index in [1.54, 1.807) is 31.4 Å². The lowest BCUT2D eigenvalue weighted by molar-refractivity contribution is 0.0696. The first kappa shape index (κ1) is 17.2. The Kier molecular flexibility index (Phi) is 5.27. The number of carboxylic acids is 1. The van der Waals surface area contributed by atoms with Gasteiger partial charge >= 0.3 is 5.97 Å². The molecule has 0 heterocycles. The molecule has 2 aromatic rings. The summed E-state index contributed by atoms with van der Waals surface area (Å²) in [6, 6.07) is 12.0. The second-order valence-electron chi connectivity index (χ2n) is 4.94. The van der Waals surface area contributed by atoms with Crippen LogP contribution >= 0.6 is 0 Å². The molecule has 0 amide bonds. The molecule has 0 bridgehead atoms. The number of aromatic carboxylic acids is 1. The van der Waals surface area contributed by atoms with E-state index in [0.29, 0.717) is 22.6 Å². The van der Waals surface area contributed by atoms with Crippen LogP contribution in [0.3, 0.4) is 0 Å². The molecule has 124 valence electrons. The van der Waals surface area contributed by atoms with Crippen molar-refractivity contribution >= 4 is 5.97 Å². The largest absolute Gasteiger partial charge is 0.497 e. The third-order valence-electron chi connectivity index (χ3n) is 3.64. The quantitative estimate of drug-likeness (QED) is 0.877. The normalized spacial score (nSPS) is 11.2. The fourth-order valence-corrected chi connectivity index (χ4v) is 2.45. The van der Waals surface area contributed by atoms with Crippen molar-refractivity contribution in [1.29, 1.82) is 5.26 Å². The van der Waals surface area contributed by atoms with Gasteiger partial charge in [0.25, 0.3) is 0 Å². The summed E-state index contributed by atoms with van der Waals surface area (Å²) < 4.78 is 15.7. The Balaban J connectivity index is 2.63. The van der Waals surface area contributed by atoms with Crippen LogP contribution in [0.15, 0.2) is 36.4 Å². The molecule has 2 aromatic carbocycles. The Morgan fingerprint density at radius 2 is 1.75 bits per heavy atom. The van der Waals surface area contributed by atoms with Crippen molar-refractivity contribution in [2.24, 2.45) is 0 Å². The molecule has 0 aliphatic carbocycles. The number of methoxy groups -OCH3 is 3. The molecule has 1 N–H and O–H groups in total. The van der Waals surface area contributed by atoms with E-state index in [9.17, 15) is 15.2 Å². The van der Waals surface area contributed by atoms with Crippen LogP contribution in [0.5, 0.6) is 17.2 Å². The van der Waals surface area contributed by atoms with Crippen molar-refractivity contribution in [3.8, 4) is 23.3 Å². The highest BCUT2D eigenvalue weighted by molar-refractivity contribution is 5.89. The summed E-state index contributed by atoms with van der Waals surface area (Å²) >= 11 is 0. The number of carbonyl (C=O) groups is 1. The van der Waals surface area contributed by atoms with Gasteiger partial charge in [0.05, 0.1) is 38.9 Å². The first-order chi connectivity index (χ1) is 11.5. The van der Waals surface area contributed by atoms with Crippen LogP contribution in [0.1, 0.15) is 27.4 Å². The van der Waals surface area contributed by atoms with Crippen molar-refractivity contribution in [1.82, 2.24) is 0 Å². The maximum absolute atomic E-state index is 11.4. The molecule has 2 rings (SSSR count). The van der Waals surface area contributed by atoms with Gasteiger partial charge in [-0.3, -0.25) is 0 Å². The summed E-state index contributed by atoms with van der Waals surface area (Å²) in [6.07, 6.45) is 0. The van der Waals surface area contributed by atoms with E-state index in [0.717, 1.165) is 0 Å². The molecule has 0 radical (unpaired) electrons. The molecule has 0 aliphatic rings. The molecule has 1 atom stereocenters. The maximum atomic E-state index is 11.4. The van der Waals surface area contributed by atoms with E-state index < -0.39 is 11.9 Å². The minimum atomic E-state index is -1.11. The number of hydrogen-bond donors (Lipinski definition) is 1. The number of carboxylic acid groups (broad SMARTS) is 1. The second-order valence-corrected chi connectivity index (χ2v) is 4.94. The summed E-state index contributed by atoms with van der Waals surface area (Å²) in [5.41, 5.74) is 1.15. The average molecular weight is 327 g/mol. The fraction of sp³-hybridized carbons (Fsp3) is 0.222. The predicted octanol–water partition coefficient (Wildman–Crippen LogP) is 3.07. The Hall–Kier alpha value is -3.20. The van der Waals surface area contributed by atoms with E-state index >= 15 is 0 Å². The van der Waals surface area contributed by atoms with Crippen molar-refractivity contribution in [3.63, 3.8) is 0 Å². The maximum Gasteiger partial charge on any atom is 0.335 e. The highest BCUT2D eigenvalue weighted by Crippen LogP contribution is 2.39. The topological polar surface area (TPSA) is 88.8 Å². The summed E-state index contributed by atoms with van der Waals surface area (Å²) in [6.45, 7) is 0. The van der Waals surface area contributed by atoms with Gasteiger partial charge in [-0.2, -0.15) is 5.26 Å². The van der Waals surface area contributed by atoms with Gasteiger partial charge in [0.15, 0.2) is 11.5 Å². The third-order valence-corrected chi connectivity index (χ3v) is 3.64. The summed E-state index contributed by atoms with van der Waals surface area (Å²) in [7, 11) is 4.42. The molecule has 0 saturated carbocycles. The molecule has 0 aromatic heterocycles. The molecule has 6 heteroatoms. The minimum absolute atomic E-state index is 0.0245. The number of rotatable bonds is 6. The zero-order chi connectivity index (χ0) is 17.7. The van der Waals surface area contributed by atoms with Gasteiger partial charge in [-0.25, -0.2) is 4.79 Å². The minimum Gasteiger partial charge on any atom is -0.497 e. The predicted molar refractivity (Wildman–Crippen MR) is 87.0 cm³/mol. The van der Waals surface area contributed by atoms with Crippen LogP contribution in [0, 0.1) is 11.3 Å². The number of ether oxygens (including phenoxy) is 3. The molecule has 0 aliphatic heterocycles. The smallest absolute Gasteiger partial charge is 0.335 e. The van der Waals surface area contributed by atoms with Crippen LogP contribution < -0.4 is 14.2 Å². The zero-order valence-electron chi connectivity index (χ0n) is 13.6. The van der Waals surface area contributed by atoms with Gasteiger partial charge in [-0.1, -0.05) is 12.1 Å². The highest BCUT2D eigenvalue weighted by atomic mass is 16.5. The van der Waals surface area contributed by atoms with Crippen LogP contribution in [0.2, 0.25) is 0 Å². The van der Waals surface area contributed by atoms with E-state index in [2.05, 4.69) is 6.07 Å². The van der Waals surface area contributed by atoms with E-state index in [4.69, 9.17) is 14.2 Å². The number of benzene rings is 2. The van der Waals surface area contributed by atoms with Crippen molar-refractivity contribution in [2.75, 3.05) is 21.3 Å². The van der Waals surface area contributed by atoms with Gasteiger partial charge in [0.1, 0.15) is 5.75 Å². The molecular formula is C18H17NO5. The lowest BCUT2D eigenvalue weighted by Gasteiger charge is -2.18. The lowest BCUT2D eigenvalue weighted by atomic mass is 9.90. The fourth-order valence-electron chi connectivity index (χ4n) is 2.45. The molecule has 6 nitrogen and oxygen atoms in total. The van der Waals surface area contributed by atoms with Crippen LogP contribution in [-0.2, 0) is 0 Å². The molecule has 1 unspecified atom stereocenters. The Morgan fingerprint density at radius 1 is 1.08 bits per heavy atom. The third kappa shape index (κ3) is 3.25. The van der Waals surface area contributed by atoms with Crippen LogP contribution in [-0.4, -0.2) is 32.4 Å². The van der Waals surface area contributed by atoms with Crippen molar-refractivity contribution < 1.29 is 24.1 Å². The Labute approximate surface area is 139 Å². The highest BCUT2D eigenvalue weighted by Gasteiger charge is 2.23. The summed E-state index contributed by atoms with van der Waals surface area (Å²) in [4.78, 5) is 11.4. The molecule has 24 heavy (non-hydrogen) atoms. The Bertz CT molecular complexity index is 777. The molecule has 0 saturated heterocycles. The summed E-state index contributed by atoms with van der Waals surface area (Å²) in [5, 5.41) is 18.9. The van der Waals surface area contributed by atoms with Gasteiger partial charge in [-0.05, 0) is 29.8 Å². The molecule has 0 fully saturated rings. The van der Waals surface area contributed by atoms with Gasteiger partial charge in [0, 0.05) is 5.56 Å². The summed E-state index contributed by atoms with van der Waals surface area (Å²) in [5.74, 6) is -0.548. The van der Waals surface area contributed by atoms with Crippen molar-refractivity contribution in [2.45, 2.75) is 5.92 Å². The SMILES string of the molecule is COc1ccc(C(C#N)c2cc(C(=O)O)cc(OC)c2OC)cc1. The lowest BCUT2D eigenvalue weighted by Crippen LogP contribution is -2.07. The van der Waals surface area contributed by atoms with Crippen LogP contribution in [0.25, 0.3) is 0 Å². The molecule has 0 spiro atoms. The standard InChI is InChI=1S/C18H17NO5/c1-22-13-6-4-11(5-7-13)15(10-19)14-8-12(18(20)21)9-16(23-2)17(14)24-3/h4-9,15H,1-3H3,(H,20,21). The number of hydrogen-bond acceptors (Lipinski definition) is 5.